The number of anilines is 1. The summed E-state index contributed by atoms with van der Waals surface area (Å²) in [5.41, 5.74) is 1.66. The predicted octanol–water partition coefficient (Wildman–Crippen LogP) is 6.75. The number of aliphatic carboxylic acids is 1. The van der Waals surface area contributed by atoms with E-state index in [4.69, 9.17) is 29.0 Å². The van der Waals surface area contributed by atoms with Gasteiger partial charge in [0.1, 0.15) is 23.5 Å². The average molecular weight is 786 g/mol. The Morgan fingerprint density at radius 3 is 2.37 bits per heavy atom. The minimum Gasteiger partial charge on any atom is -0.494 e. The van der Waals surface area contributed by atoms with Crippen LogP contribution in [0.2, 0.25) is 0 Å². The van der Waals surface area contributed by atoms with Crippen LogP contribution in [-0.4, -0.2) is 99.9 Å². The van der Waals surface area contributed by atoms with E-state index >= 15 is 0 Å². The van der Waals surface area contributed by atoms with E-state index in [0.717, 1.165) is 48.2 Å². The number of amides is 2. The molecule has 2 aromatic carbocycles. The molecule has 0 aliphatic carbocycles. The second-order valence-corrected chi connectivity index (χ2v) is 15.1. The number of H-pyrrole nitrogens is 1. The van der Waals surface area contributed by atoms with E-state index in [2.05, 4.69) is 25.8 Å². The van der Waals surface area contributed by atoms with Crippen LogP contribution in [0.4, 0.5) is 10.5 Å². The maximum absolute atomic E-state index is 13.6. The van der Waals surface area contributed by atoms with Gasteiger partial charge in [0.15, 0.2) is 11.6 Å². The normalized spacial score (nSPS) is 14.4. The SMILES string of the molecule is C[C@@H](NC(=O)c1cccc(NC2(c3nc(-c4ccncc4)n[nH]3)CCN(C(=O)OC(C)(C)C)CC2)c1)c1cccc(OCCCCCCOCCOCC(=O)O)c1. The van der Waals surface area contributed by atoms with Crippen molar-refractivity contribution in [3.8, 4) is 17.1 Å². The third kappa shape index (κ3) is 13.3. The van der Waals surface area contributed by atoms with Crippen molar-refractivity contribution < 1.29 is 38.4 Å². The van der Waals surface area contributed by atoms with Crippen LogP contribution < -0.4 is 15.4 Å². The lowest BCUT2D eigenvalue weighted by Crippen LogP contribution is -2.50. The van der Waals surface area contributed by atoms with Gasteiger partial charge in [0.25, 0.3) is 5.91 Å². The number of piperidine rings is 1. The highest BCUT2D eigenvalue weighted by Crippen LogP contribution is 2.36. The smallest absolute Gasteiger partial charge is 0.410 e. The van der Waals surface area contributed by atoms with Crippen molar-refractivity contribution >= 4 is 23.7 Å². The Kier molecular flexibility index (Phi) is 15.4. The number of nitrogens with zero attached hydrogens (tertiary/aromatic N) is 4. The van der Waals surface area contributed by atoms with Crippen molar-refractivity contribution in [1.29, 1.82) is 0 Å². The van der Waals surface area contributed by atoms with Crippen LogP contribution in [0.5, 0.6) is 5.75 Å². The number of benzene rings is 2. The monoisotopic (exact) mass is 785 g/mol. The van der Waals surface area contributed by atoms with E-state index in [1.807, 2.05) is 82.3 Å². The fourth-order valence-electron chi connectivity index (χ4n) is 6.41. The molecule has 0 bridgehead atoms. The molecule has 57 heavy (non-hydrogen) atoms. The van der Waals surface area contributed by atoms with Gasteiger partial charge in [-0.05, 0) is 108 Å². The highest BCUT2D eigenvalue weighted by Gasteiger charge is 2.41. The Balaban J connectivity index is 1.15. The van der Waals surface area contributed by atoms with Gasteiger partial charge in [0.05, 0.1) is 25.9 Å². The van der Waals surface area contributed by atoms with Crippen molar-refractivity contribution in [1.82, 2.24) is 30.4 Å². The van der Waals surface area contributed by atoms with Crippen LogP contribution in [0.25, 0.3) is 11.4 Å². The summed E-state index contributed by atoms with van der Waals surface area (Å²) in [6, 6.07) is 18.5. The molecule has 15 heteroatoms. The number of hydrogen-bond acceptors (Lipinski definition) is 11. The summed E-state index contributed by atoms with van der Waals surface area (Å²) in [5.74, 6) is 0.709. The van der Waals surface area contributed by atoms with Crippen LogP contribution >= 0.6 is 0 Å². The summed E-state index contributed by atoms with van der Waals surface area (Å²) >= 11 is 0. The number of unbranched alkanes of at least 4 members (excludes halogenated alkanes) is 3. The Labute approximate surface area is 333 Å². The number of carbonyl (C=O) groups excluding carboxylic acids is 2. The first-order valence-electron chi connectivity index (χ1n) is 19.5. The third-order valence-corrected chi connectivity index (χ3v) is 9.41. The summed E-state index contributed by atoms with van der Waals surface area (Å²) < 4.78 is 22.1. The number of likely N-dealkylation sites (tertiary alicyclic amines) is 1. The first kappa shape index (κ1) is 42.6. The van der Waals surface area contributed by atoms with Crippen molar-refractivity contribution in [3.05, 3.63) is 90.0 Å². The Morgan fingerprint density at radius 2 is 1.63 bits per heavy atom. The molecular weight excluding hydrogens is 731 g/mol. The van der Waals surface area contributed by atoms with Crippen LogP contribution in [0.3, 0.4) is 0 Å². The standard InChI is InChI=1S/C42H55N7O8/c1-30(32-11-10-14-35(28-32)56-24-8-6-5-7-23-54-25-26-55-29-36(50)51)44-38(52)33-12-9-13-34(27-33)46-42(17-21-49(22-18-42)40(53)57-41(2,3)4)39-45-37(47-48-39)31-15-19-43-20-16-31/h9-16,19-20,27-28,30,46H,5-8,17-18,21-26,29H2,1-4H3,(H,44,52)(H,50,51)(H,45,47,48)/t30-/m1/s1. The molecule has 0 saturated carbocycles. The zero-order valence-electron chi connectivity index (χ0n) is 33.3. The van der Waals surface area contributed by atoms with Crippen molar-refractivity contribution in [2.45, 2.75) is 83.4 Å². The molecule has 5 rings (SSSR count). The molecule has 1 aliphatic heterocycles. The van der Waals surface area contributed by atoms with E-state index in [1.54, 1.807) is 23.4 Å². The summed E-state index contributed by atoms with van der Waals surface area (Å²) in [7, 11) is 0. The minimum absolute atomic E-state index is 0.220. The number of ether oxygens (including phenoxy) is 4. The molecule has 4 aromatic rings. The molecule has 0 radical (unpaired) electrons. The van der Waals surface area contributed by atoms with Crippen LogP contribution in [0.15, 0.2) is 73.1 Å². The van der Waals surface area contributed by atoms with E-state index < -0.39 is 17.1 Å². The second-order valence-electron chi connectivity index (χ2n) is 15.1. The molecule has 1 fully saturated rings. The van der Waals surface area contributed by atoms with Gasteiger partial charge in [-0.1, -0.05) is 24.6 Å². The van der Waals surface area contributed by atoms with Crippen molar-refractivity contribution in [3.63, 3.8) is 0 Å². The Morgan fingerprint density at radius 1 is 0.912 bits per heavy atom. The van der Waals surface area contributed by atoms with Gasteiger partial charge in [0.2, 0.25) is 0 Å². The number of aromatic nitrogens is 4. The number of carboxylic acids is 1. The van der Waals surface area contributed by atoms with E-state index in [0.29, 0.717) is 63.0 Å². The highest BCUT2D eigenvalue weighted by molar-refractivity contribution is 5.95. The highest BCUT2D eigenvalue weighted by atomic mass is 16.6. The first-order chi connectivity index (χ1) is 27.4. The fraction of sp³-hybridized carbons (Fsp3) is 0.476. The molecule has 1 atom stereocenters. The van der Waals surface area contributed by atoms with E-state index in [1.165, 1.54) is 0 Å². The maximum atomic E-state index is 13.6. The summed E-state index contributed by atoms with van der Waals surface area (Å²) in [6.45, 7) is 9.89. The quantitative estimate of drug-likeness (QED) is 0.0691. The van der Waals surface area contributed by atoms with Crippen molar-refractivity contribution in [2.75, 3.05) is 51.4 Å². The molecule has 1 aliphatic rings. The average Bonchev–Trinajstić information content (AvgIpc) is 3.70. The van der Waals surface area contributed by atoms with Crippen LogP contribution in [-0.2, 0) is 24.5 Å². The molecule has 0 spiro atoms. The largest absolute Gasteiger partial charge is 0.494 e. The molecule has 0 unspecified atom stereocenters. The van der Waals surface area contributed by atoms with E-state index in [-0.39, 0.29) is 31.3 Å². The van der Waals surface area contributed by atoms with Gasteiger partial charge in [-0.25, -0.2) is 14.6 Å². The Bertz CT molecular complexity index is 1890. The lowest BCUT2D eigenvalue weighted by atomic mass is 9.86. The van der Waals surface area contributed by atoms with Gasteiger partial charge in [0, 0.05) is 48.9 Å². The number of rotatable bonds is 20. The number of aromatic amines is 1. The number of carboxylic acid groups (broad SMARTS) is 1. The number of nitrogens with one attached hydrogen (secondary N) is 3. The van der Waals surface area contributed by atoms with Gasteiger partial charge in [-0.2, -0.15) is 5.10 Å². The predicted molar refractivity (Wildman–Crippen MR) is 214 cm³/mol. The Hall–Kier alpha value is -5.54. The van der Waals surface area contributed by atoms with Crippen LogP contribution in [0, 0.1) is 0 Å². The van der Waals surface area contributed by atoms with Crippen LogP contribution in [0.1, 0.15) is 94.0 Å². The van der Waals surface area contributed by atoms with Gasteiger partial charge in [-0.3, -0.25) is 14.9 Å². The second kappa shape index (κ2) is 20.6. The van der Waals surface area contributed by atoms with Gasteiger partial charge >= 0.3 is 12.1 Å². The first-order valence-corrected chi connectivity index (χ1v) is 19.5. The van der Waals surface area contributed by atoms with Gasteiger partial charge in [-0.15, -0.1) is 0 Å². The summed E-state index contributed by atoms with van der Waals surface area (Å²) in [4.78, 5) is 47.7. The molecule has 15 nitrogen and oxygen atoms in total. The zero-order chi connectivity index (χ0) is 40.7. The van der Waals surface area contributed by atoms with Gasteiger partial charge < -0.3 is 39.6 Å². The zero-order valence-corrected chi connectivity index (χ0v) is 33.3. The molecule has 4 N–H and O–H groups in total. The number of pyridine rings is 1. The number of carbonyl (C=O) groups is 3. The molecule has 3 heterocycles. The number of hydrogen-bond donors (Lipinski definition) is 4. The summed E-state index contributed by atoms with van der Waals surface area (Å²) in [5, 5.41) is 23.0. The summed E-state index contributed by atoms with van der Waals surface area (Å²) in [6.07, 6.45) is 7.88. The maximum Gasteiger partial charge on any atom is 0.410 e. The lowest BCUT2D eigenvalue weighted by Gasteiger charge is -2.41. The molecule has 2 amide bonds. The third-order valence-electron chi connectivity index (χ3n) is 9.41. The molecule has 2 aromatic heterocycles. The molecule has 306 valence electrons. The van der Waals surface area contributed by atoms with E-state index in [9.17, 15) is 14.4 Å². The minimum atomic E-state index is -0.986. The molecule has 1 saturated heterocycles. The molecular formula is C42H55N7O8. The topological polar surface area (TPSA) is 190 Å². The lowest BCUT2D eigenvalue weighted by molar-refractivity contribution is -0.142. The van der Waals surface area contributed by atoms with Crippen molar-refractivity contribution in [2.24, 2.45) is 0 Å². The fourth-order valence-corrected chi connectivity index (χ4v) is 6.41.